The van der Waals surface area contributed by atoms with E-state index in [2.05, 4.69) is 86.8 Å². The van der Waals surface area contributed by atoms with Crippen molar-refractivity contribution in [2.24, 2.45) is 0 Å². The molecule has 0 radical (unpaired) electrons. The molecule has 0 aromatic heterocycles. The number of aliphatic hydroxyl groups excluding tert-OH is 1. The van der Waals surface area contributed by atoms with Gasteiger partial charge in [-0.2, -0.15) is 0 Å². The van der Waals surface area contributed by atoms with E-state index in [0.29, 0.717) is 12.8 Å². The second-order valence-corrected chi connectivity index (χ2v) is 16.5. The van der Waals surface area contributed by atoms with E-state index in [1.54, 1.807) is 0 Å². The molecule has 0 aliphatic heterocycles. The Bertz CT molecular complexity index is 1070. The molecule has 0 aliphatic rings. The van der Waals surface area contributed by atoms with Crippen molar-refractivity contribution in [2.45, 2.75) is 245 Å². The molecular formula is C54H94O5. The monoisotopic (exact) mass is 823 g/mol. The molecule has 0 fully saturated rings. The molecule has 0 amide bonds. The third-order valence-electron chi connectivity index (χ3n) is 10.8. The highest BCUT2D eigenvalue weighted by Crippen LogP contribution is 2.15. The standard InChI is InChI=1S/C54H94O5/c1-3-5-7-9-11-13-15-17-19-20-21-22-23-24-25-26-27-28-29-30-31-32-33-34-35-37-39-41-43-45-47-49-54(57)59-52(50-55)51-58-53(56)48-46-44-42-40-38-36-18-16-14-12-10-8-6-4-2/h5,7,11,13,17,19,21-22,24-25,27-28,52,55H,3-4,6,8-10,12,14-16,18,20,23,26,29-51H2,1-2H3/b7-5-,13-11-,19-17-,22-21-,25-24-,28-27-. The molecule has 0 aliphatic carbocycles. The fourth-order valence-electron chi connectivity index (χ4n) is 7.03. The van der Waals surface area contributed by atoms with Crippen LogP contribution in [-0.4, -0.2) is 36.4 Å². The van der Waals surface area contributed by atoms with Crippen LogP contribution in [0.15, 0.2) is 72.9 Å². The van der Waals surface area contributed by atoms with Crippen LogP contribution in [-0.2, 0) is 19.1 Å². The fourth-order valence-corrected chi connectivity index (χ4v) is 7.03. The lowest BCUT2D eigenvalue weighted by atomic mass is 10.0. The lowest BCUT2D eigenvalue weighted by Gasteiger charge is -2.15. The first kappa shape index (κ1) is 56.3. The summed E-state index contributed by atoms with van der Waals surface area (Å²) in [5.41, 5.74) is 0. The van der Waals surface area contributed by atoms with Gasteiger partial charge < -0.3 is 14.6 Å². The smallest absolute Gasteiger partial charge is 0.306 e. The maximum absolute atomic E-state index is 12.3. The lowest BCUT2D eigenvalue weighted by Crippen LogP contribution is -2.28. The molecule has 0 aromatic carbocycles. The van der Waals surface area contributed by atoms with Gasteiger partial charge in [-0.1, -0.05) is 234 Å². The highest BCUT2D eigenvalue weighted by Gasteiger charge is 2.16. The van der Waals surface area contributed by atoms with Crippen LogP contribution in [0, 0.1) is 0 Å². The Labute approximate surface area is 365 Å². The van der Waals surface area contributed by atoms with Crippen molar-refractivity contribution in [2.75, 3.05) is 13.2 Å². The Morgan fingerprint density at radius 2 is 0.729 bits per heavy atom. The highest BCUT2D eigenvalue weighted by molar-refractivity contribution is 5.70. The number of allylic oxidation sites excluding steroid dienone is 12. The zero-order valence-corrected chi connectivity index (χ0v) is 38.7. The maximum Gasteiger partial charge on any atom is 0.306 e. The summed E-state index contributed by atoms with van der Waals surface area (Å²) in [6.45, 7) is 4.04. The molecule has 59 heavy (non-hydrogen) atoms. The van der Waals surface area contributed by atoms with Gasteiger partial charge in [0.25, 0.3) is 0 Å². The molecule has 5 heteroatoms. The average Bonchev–Trinajstić information content (AvgIpc) is 3.24. The third kappa shape index (κ3) is 47.9. The van der Waals surface area contributed by atoms with E-state index in [1.807, 2.05) is 0 Å². The van der Waals surface area contributed by atoms with Gasteiger partial charge in [0.05, 0.1) is 6.61 Å². The van der Waals surface area contributed by atoms with E-state index in [-0.39, 0.29) is 25.2 Å². The van der Waals surface area contributed by atoms with Gasteiger partial charge in [-0.05, 0) is 64.2 Å². The molecule has 0 saturated heterocycles. The molecule has 0 spiro atoms. The molecule has 0 saturated carbocycles. The molecule has 0 aromatic rings. The minimum atomic E-state index is -0.773. The summed E-state index contributed by atoms with van der Waals surface area (Å²) in [6, 6.07) is 0. The summed E-state index contributed by atoms with van der Waals surface area (Å²) in [4.78, 5) is 24.4. The van der Waals surface area contributed by atoms with E-state index in [4.69, 9.17) is 9.47 Å². The first-order valence-electron chi connectivity index (χ1n) is 25.0. The predicted octanol–water partition coefficient (Wildman–Crippen LogP) is 16.5. The number of carbonyl (C=O) groups excluding carboxylic acids is 2. The Morgan fingerprint density at radius 3 is 1.10 bits per heavy atom. The van der Waals surface area contributed by atoms with Gasteiger partial charge in [0.1, 0.15) is 6.61 Å². The van der Waals surface area contributed by atoms with Gasteiger partial charge in [-0.25, -0.2) is 0 Å². The number of ether oxygens (including phenoxy) is 2. The van der Waals surface area contributed by atoms with Gasteiger partial charge in [0, 0.05) is 12.8 Å². The van der Waals surface area contributed by atoms with E-state index >= 15 is 0 Å². The normalized spacial score (nSPS) is 12.8. The second-order valence-electron chi connectivity index (χ2n) is 16.5. The SMILES string of the molecule is CC/C=C\C/C=C\C/C=C\C/C=C\C/C=C\C/C=C\CCCCCCCCCCCCCCC(=O)OC(CO)COC(=O)CCCCCCCCCCCCCCCC. The van der Waals surface area contributed by atoms with E-state index < -0.39 is 6.10 Å². The summed E-state index contributed by atoms with van der Waals surface area (Å²) >= 11 is 0. The van der Waals surface area contributed by atoms with E-state index in [9.17, 15) is 14.7 Å². The molecular weight excluding hydrogens is 729 g/mol. The first-order valence-corrected chi connectivity index (χ1v) is 25.0. The topological polar surface area (TPSA) is 72.8 Å². The zero-order chi connectivity index (χ0) is 42.8. The molecule has 0 bridgehead atoms. The minimum Gasteiger partial charge on any atom is -0.462 e. The summed E-state index contributed by atoms with van der Waals surface area (Å²) in [5, 5.41) is 9.61. The largest absolute Gasteiger partial charge is 0.462 e. The number of esters is 2. The van der Waals surface area contributed by atoms with Crippen LogP contribution in [0.5, 0.6) is 0 Å². The van der Waals surface area contributed by atoms with Gasteiger partial charge in [-0.3, -0.25) is 9.59 Å². The van der Waals surface area contributed by atoms with Crippen LogP contribution in [0.4, 0.5) is 0 Å². The summed E-state index contributed by atoms with van der Waals surface area (Å²) in [6.07, 6.45) is 67.1. The van der Waals surface area contributed by atoms with Gasteiger partial charge >= 0.3 is 11.9 Å². The Hall–Kier alpha value is -2.66. The molecule has 1 atom stereocenters. The molecule has 1 N–H and O–H groups in total. The average molecular weight is 823 g/mol. The molecule has 1 unspecified atom stereocenters. The first-order chi connectivity index (χ1) is 29.1. The van der Waals surface area contributed by atoms with Crippen LogP contribution >= 0.6 is 0 Å². The Kier molecular flexibility index (Phi) is 47.5. The summed E-state index contributed by atoms with van der Waals surface area (Å²) in [7, 11) is 0. The predicted molar refractivity (Wildman–Crippen MR) is 256 cm³/mol. The van der Waals surface area contributed by atoms with Crippen molar-refractivity contribution in [3.05, 3.63) is 72.9 Å². The third-order valence-corrected chi connectivity index (χ3v) is 10.8. The van der Waals surface area contributed by atoms with Crippen molar-refractivity contribution in [3.8, 4) is 0 Å². The van der Waals surface area contributed by atoms with Crippen LogP contribution in [0.25, 0.3) is 0 Å². The van der Waals surface area contributed by atoms with Gasteiger partial charge in [0.15, 0.2) is 6.10 Å². The highest BCUT2D eigenvalue weighted by atomic mass is 16.6. The van der Waals surface area contributed by atoms with Crippen LogP contribution < -0.4 is 0 Å². The number of rotatable bonds is 45. The maximum atomic E-state index is 12.3. The number of aliphatic hydroxyl groups is 1. The lowest BCUT2D eigenvalue weighted by molar-refractivity contribution is -0.161. The quantitative estimate of drug-likeness (QED) is 0.0376. The van der Waals surface area contributed by atoms with Crippen molar-refractivity contribution in [3.63, 3.8) is 0 Å². The van der Waals surface area contributed by atoms with E-state index in [0.717, 1.165) is 77.0 Å². The molecule has 0 heterocycles. The molecule has 0 rings (SSSR count). The summed E-state index contributed by atoms with van der Waals surface area (Å²) in [5.74, 6) is -0.587. The number of hydrogen-bond acceptors (Lipinski definition) is 5. The minimum absolute atomic E-state index is 0.0655. The van der Waals surface area contributed by atoms with Crippen LogP contribution in [0.3, 0.4) is 0 Å². The fraction of sp³-hybridized carbons (Fsp3) is 0.741. The number of unbranched alkanes of at least 4 members (excludes halogenated alkanes) is 25. The van der Waals surface area contributed by atoms with Crippen LogP contribution in [0.2, 0.25) is 0 Å². The summed E-state index contributed by atoms with van der Waals surface area (Å²) < 4.78 is 10.7. The second kappa shape index (κ2) is 49.7. The van der Waals surface area contributed by atoms with Crippen molar-refractivity contribution in [1.29, 1.82) is 0 Å². The molecule has 340 valence electrons. The Morgan fingerprint density at radius 1 is 0.407 bits per heavy atom. The number of carbonyl (C=O) groups is 2. The number of hydrogen-bond donors (Lipinski definition) is 1. The van der Waals surface area contributed by atoms with Crippen molar-refractivity contribution >= 4 is 11.9 Å². The van der Waals surface area contributed by atoms with Crippen molar-refractivity contribution < 1.29 is 24.2 Å². The van der Waals surface area contributed by atoms with Crippen molar-refractivity contribution in [1.82, 2.24) is 0 Å². The van der Waals surface area contributed by atoms with Gasteiger partial charge in [0.2, 0.25) is 0 Å². The Balaban J connectivity index is 3.51. The van der Waals surface area contributed by atoms with E-state index in [1.165, 1.54) is 135 Å². The van der Waals surface area contributed by atoms with Crippen LogP contribution in [0.1, 0.15) is 239 Å². The van der Waals surface area contributed by atoms with Gasteiger partial charge in [-0.15, -0.1) is 0 Å². The molecule has 5 nitrogen and oxygen atoms in total. The zero-order valence-electron chi connectivity index (χ0n) is 38.7.